The molecule has 0 aliphatic heterocycles. The maximum Gasteiger partial charge on any atom is 0.0396 e. The van der Waals surface area contributed by atoms with Crippen LogP contribution in [0.15, 0.2) is 12.2 Å². The van der Waals surface area contributed by atoms with Crippen LogP contribution in [0, 0.1) is 11.8 Å². The lowest BCUT2D eigenvalue weighted by atomic mass is 10.0. The van der Waals surface area contributed by atoms with E-state index in [0.717, 1.165) is 24.0 Å². The van der Waals surface area contributed by atoms with Crippen molar-refractivity contribution in [3.63, 3.8) is 0 Å². The van der Waals surface area contributed by atoms with Crippen LogP contribution >= 0.6 is 21.9 Å². The van der Waals surface area contributed by atoms with Crippen molar-refractivity contribution in [2.24, 2.45) is 11.8 Å². The minimum absolute atomic E-state index is 0.430. The number of hydrogen-bond donors (Lipinski definition) is 1. The molecule has 5 unspecified atom stereocenters. The van der Waals surface area contributed by atoms with Crippen molar-refractivity contribution < 1.29 is 0 Å². The number of likely N-dealkylation sites (N-methyl/N-ethyl adjacent to an activating group) is 1. The van der Waals surface area contributed by atoms with E-state index < -0.39 is 0 Å². The average Bonchev–Trinajstić information content (AvgIpc) is 3.07. The van der Waals surface area contributed by atoms with Crippen molar-refractivity contribution in [2.75, 3.05) is 12.8 Å². The second kappa shape index (κ2) is 7.16. The third kappa shape index (κ3) is 4.26. The van der Waals surface area contributed by atoms with Crippen LogP contribution in [0.25, 0.3) is 0 Å². The normalized spacial score (nSPS) is 26.9. The maximum absolute atomic E-state index is 4.50. The molecule has 0 heterocycles. The maximum atomic E-state index is 4.50. The van der Waals surface area contributed by atoms with E-state index in [1.807, 2.05) is 0 Å². The molecule has 0 bridgehead atoms. The molecule has 0 N–H and O–H groups in total. The summed E-state index contributed by atoms with van der Waals surface area (Å²) >= 11 is 4.50. The third-order valence-corrected chi connectivity index (χ3v) is 5.48. The van der Waals surface area contributed by atoms with Crippen molar-refractivity contribution in [1.82, 2.24) is 4.90 Å². The summed E-state index contributed by atoms with van der Waals surface area (Å²) in [7, 11) is 5.11. The van der Waals surface area contributed by atoms with Crippen LogP contribution in [0.2, 0.25) is 0 Å². The molecule has 5 atom stereocenters. The van der Waals surface area contributed by atoms with Gasteiger partial charge in [-0.25, -0.2) is 0 Å². The summed E-state index contributed by atoms with van der Waals surface area (Å²) in [6.45, 7) is 8.83. The lowest BCUT2D eigenvalue weighted by Crippen LogP contribution is -2.39. The molecule has 0 amide bonds. The van der Waals surface area contributed by atoms with E-state index >= 15 is 0 Å². The molecule has 1 rings (SSSR count). The van der Waals surface area contributed by atoms with Gasteiger partial charge in [-0.2, -0.15) is 12.6 Å². The molecule has 3 heteroatoms. The summed E-state index contributed by atoms with van der Waals surface area (Å²) < 4.78 is 0. The van der Waals surface area contributed by atoms with Gasteiger partial charge >= 0.3 is 0 Å². The van der Waals surface area contributed by atoms with Gasteiger partial charge in [-0.05, 0) is 38.1 Å². The van der Waals surface area contributed by atoms with E-state index in [4.69, 9.17) is 0 Å². The summed E-state index contributed by atoms with van der Waals surface area (Å²) in [5.41, 5.74) is 1.38. The number of thiol groups is 1. The zero-order chi connectivity index (χ0) is 13.0. The summed E-state index contributed by atoms with van der Waals surface area (Å²) in [6.07, 6.45) is 5.10. The topological polar surface area (TPSA) is 3.24 Å². The first-order valence-corrected chi connectivity index (χ1v) is 8.11. The van der Waals surface area contributed by atoms with Crippen LogP contribution in [0.1, 0.15) is 39.5 Å². The first-order chi connectivity index (χ1) is 8.04. The Morgan fingerprint density at radius 1 is 1.47 bits per heavy atom. The molecule has 0 saturated heterocycles. The van der Waals surface area contributed by atoms with E-state index in [9.17, 15) is 0 Å². The summed E-state index contributed by atoms with van der Waals surface area (Å²) in [6, 6.07) is 0.430. The highest BCUT2D eigenvalue weighted by Crippen LogP contribution is 2.45. The highest BCUT2D eigenvalue weighted by Gasteiger charge is 2.36. The van der Waals surface area contributed by atoms with Gasteiger partial charge in [0.05, 0.1) is 0 Å². The standard InChI is InChI=1S/C14H28NPS/c1-5-11-8-12(11)7-10(3)13(9-17)15(4)14(16)6-2/h11-14,17H,3,5-9,16H2,1-2,4H3. The van der Waals surface area contributed by atoms with E-state index in [-0.39, 0.29) is 0 Å². The summed E-state index contributed by atoms with van der Waals surface area (Å²) in [5.74, 6) is 3.29. The Morgan fingerprint density at radius 2 is 2.12 bits per heavy atom. The van der Waals surface area contributed by atoms with Gasteiger partial charge in [0, 0.05) is 17.6 Å². The molecule has 100 valence electrons. The van der Waals surface area contributed by atoms with Gasteiger partial charge in [-0.15, -0.1) is 9.24 Å². The SMILES string of the molecule is C=C(CC1CC1CC)C(CS)N(C)C(P)CC. The monoisotopic (exact) mass is 273 g/mol. The third-order valence-electron chi connectivity index (χ3n) is 4.19. The number of rotatable bonds is 8. The quantitative estimate of drug-likeness (QED) is 0.400. The predicted octanol–water partition coefficient (Wildman–Crippen LogP) is 3.82. The van der Waals surface area contributed by atoms with E-state index in [1.54, 1.807) is 0 Å². The van der Waals surface area contributed by atoms with E-state index in [0.29, 0.717) is 11.8 Å². The van der Waals surface area contributed by atoms with Gasteiger partial charge in [-0.1, -0.05) is 32.4 Å². The lowest BCUT2D eigenvalue weighted by Gasteiger charge is -2.33. The van der Waals surface area contributed by atoms with E-state index in [2.05, 4.69) is 54.2 Å². The Morgan fingerprint density at radius 3 is 2.53 bits per heavy atom. The van der Waals surface area contributed by atoms with Crippen LogP contribution in [-0.4, -0.2) is 29.5 Å². The molecule has 0 aromatic rings. The highest BCUT2D eigenvalue weighted by molar-refractivity contribution is 7.80. The Balaban J connectivity index is 2.46. The molecule has 1 aliphatic rings. The van der Waals surface area contributed by atoms with E-state index in [1.165, 1.54) is 24.8 Å². The van der Waals surface area contributed by atoms with Gasteiger partial charge in [0.2, 0.25) is 0 Å². The molecule has 17 heavy (non-hydrogen) atoms. The van der Waals surface area contributed by atoms with Crippen LogP contribution in [0.5, 0.6) is 0 Å². The molecule has 1 fully saturated rings. The average molecular weight is 273 g/mol. The fraction of sp³-hybridized carbons (Fsp3) is 0.857. The molecular formula is C14H28NPS. The minimum atomic E-state index is 0.430. The Kier molecular flexibility index (Phi) is 6.55. The molecule has 0 aromatic carbocycles. The molecule has 1 saturated carbocycles. The molecular weight excluding hydrogens is 245 g/mol. The Bertz CT molecular complexity index is 257. The second-order valence-corrected chi connectivity index (χ2v) is 6.50. The van der Waals surface area contributed by atoms with Gasteiger partial charge in [0.25, 0.3) is 0 Å². The molecule has 1 aliphatic carbocycles. The number of nitrogens with zero attached hydrogens (tertiary/aromatic N) is 1. The number of hydrogen-bond acceptors (Lipinski definition) is 2. The molecule has 0 radical (unpaired) electrons. The smallest absolute Gasteiger partial charge is 0.0396 e. The van der Waals surface area contributed by atoms with Gasteiger partial charge < -0.3 is 0 Å². The van der Waals surface area contributed by atoms with Gasteiger partial charge in [0.1, 0.15) is 0 Å². The summed E-state index contributed by atoms with van der Waals surface area (Å²) in [5, 5.41) is 0. The Hall–Kier alpha value is 0.480. The van der Waals surface area contributed by atoms with Crippen molar-refractivity contribution in [2.45, 2.75) is 51.4 Å². The predicted molar refractivity (Wildman–Crippen MR) is 84.8 cm³/mol. The van der Waals surface area contributed by atoms with Crippen molar-refractivity contribution in [1.29, 1.82) is 0 Å². The zero-order valence-corrected chi connectivity index (χ0v) is 13.6. The zero-order valence-electron chi connectivity index (χ0n) is 11.5. The van der Waals surface area contributed by atoms with Crippen molar-refractivity contribution in [3.8, 4) is 0 Å². The highest BCUT2D eigenvalue weighted by atomic mass is 32.1. The van der Waals surface area contributed by atoms with Crippen LogP contribution in [0.4, 0.5) is 0 Å². The first kappa shape index (κ1) is 15.5. The molecule has 0 aromatic heterocycles. The second-order valence-electron chi connectivity index (χ2n) is 5.37. The van der Waals surface area contributed by atoms with Crippen LogP contribution < -0.4 is 0 Å². The van der Waals surface area contributed by atoms with Crippen LogP contribution in [0.3, 0.4) is 0 Å². The Labute approximate surface area is 115 Å². The first-order valence-electron chi connectivity index (χ1n) is 6.81. The van der Waals surface area contributed by atoms with Gasteiger partial charge in [-0.3, -0.25) is 4.90 Å². The minimum Gasteiger partial charge on any atom is -0.293 e. The van der Waals surface area contributed by atoms with Crippen molar-refractivity contribution >= 4 is 21.9 Å². The molecule has 0 spiro atoms. The van der Waals surface area contributed by atoms with Crippen LogP contribution in [-0.2, 0) is 0 Å². The molecule has 1 nitrogen and oxygen atoms in total. The lowest BCUT2D eigenvalue weighted by molar-refractivity contribution is 0.262. The largest absolute Gasteiger partial charge is 0.293 e. The fourth-order valence-corrected chi connectivity index (χ4v) is 3.32. The van der Waals surface area contributed by atoms with Gasteiger partial charge in [0.15, 0.2) is 0 Å². The summed E-state index contributed by atoms with van der Waals surface area (Å²) in [4.78, 5) is 2.41. The van der Waals surface area contributed by atoms with Crippen molar-refractivity contribution in [3.05, 3.63) is 12.2 Å². The fourth-order valence-electron chi connectivity index (χ4n) is 2.60.